The standard InChI is InChI=1S/C37H53N5O8S/c1-8-23-20-37(23)21-28(43)27-19-24(22-42(27)30(44)29(34(2,3)4)39-33(46)50-35(5,6)7)49-32-38-25-13-9-10-14-26(25)41(32)18-12-11-15-36(16-17-36)51(47,48)40-31(37)45/h9-10,13-14,23-24,27,29H,8,11-12,15-22H2,1-7H3,(H,39,46)(H,40,45)/t23-,24-,27+,29-,37-/m1/s1. The monoisotopic (exact) mass is 727 g/mol. The number of imidazole rings is 1. The summed E-state index contributed by atoms with van der Waals surface area (Å²) in [5.41, 5.74) is -1.14. The van der Waals surface area contributed by atoms with E-state index in [9.17, 15) is 27.6 Å². The van der Waals surface area contributed by atoms with Crippen LogP contribution in [0.25, 0.3) is 11.0 Å². The first-order valence-electron chi connectivity index (χ1n) is 18.3. The lowest BCUT2D eigenvalue weighted by atomic mass is 9.85. The topological polar surface area (TPSA) is 166 Å². The summed E-state index contributed by atoms with van der Waals surface area (Å²) in [4.78, 5) is 62.1. The summed E-state index contributed by atoms with van der Waals surface area (Å²) < 4.78 is 42.9. The van der Waals surface area contributed by atoms with Crippen molar-refractivity contribution in [1.82, 2.24) is 24.5 Å². The van der Waals surface area contributed by atoms with Gasteiger partial charge in [-0.1, -0.05) is 52.7 Å². The van der Waals surface area contributed by atoms with Crippen LogP contribution in [-0.4, -0.2) is 81.6 Å². The Labute approximate surface area is 300 Å². The van der Waals surface area contributed by atoms with Gasteiger partial charge < -0.3 is 19.7 Å². The molecule has 3 fully saturated rings. The molecule has 3 amide bonds. The maximum Gasteiger partial charge on any atom is 0.408 e. The average molecular weight is 728 g/mol. The number of nitrogens with zero attached hydrogens (tertiary/aromatic N) is 3. The molecule has 2 aromatic rings. The lowest BCUT2D eigenvalue weighted by Gasteiger charge is -2.36. The Bertz CT molecular complexity index is 1820. The molecule has 3 heterocycles. The first kappa shape index (κ1) is 37.1. The van der Waals surface area contributed by atoms with E-state index >= 15 is 0 Å². The molecule has 4 aliphatic rings. The molecule has 2 N–H and O–H groups in total. The maximum absolute atomic E-state index is 14.5. The van der Waals surface area contributed by atoms with Crippen molar-refractivity contribution >= 4 is 44.7 Å². The number of carbonyl (C=O) groups is 4. The minimum atomic E-state index is -3.99. The number of nitrogens with one attached hydrogen (secondary N) is 2. The van der Waals surface area contributed by atoms with Crippen LogP contribution in [0.4, 0.5) is 4.79 Å². The highest BCUT2D eigenvalue weighted by atomic mass is 32.2. The van der Waals surface area contributed by atoms with Crippen LogP contribution in [-0.2, 0) is 35.7 Å². The van der Waals surface area contributed by atoms with Gasteiger partial charge in [-0.05, 0) is 76.3 Å². The van der Waals surface area contributed by atoms with Crippen molar-refractivity contribution in [2.24, 2.45) is 16.7 Å². The van der Waals surface area contributed by atoms with Gasteiger partial charge in [0.25, 0.3) is 6.01 Å². The molecular weight excluding hydrogens is 675 g/mol. The maximum atomic E-state index is 14.5. The predicted octanol–water partition coefficient (Wildman–Crippen LogP) is 4.86. The van der Waals surface area contributed by atoms with Gasteiger partial charge in [-0.15, -0.1) is 0 Å². The van der Waals surface area contributed by atoms with Crippen LogP contribution in [0.3, 0.4) is 0 Å². The van der Waals surface area contributed by atoms with E-state index in [1.54, 1.807) is 20.8 Å². The minimum absolute atomic E-state index is 0.0499. The summed E-state index contributed by atoms with van der Waals surface area (Å²) in [6.07, 6.45) is 2.22. The predicted molar refractivity (Wildman–Crippen MR) is 190 cm³/mol. The molecule has 0 radical (unpaired) electrons. The normalized spacial score (nSPS) is 28.4. The third kappa shape index (κ3) is 7.34. The van der Waals surface area contributed by atoms with Crippen LogP contribution in [0.15, 0.2) is 24.3 Å². The number of alkyl carbamates (subject to hydrolysis) is 1. The van der Waals surface area contributed by atoms with Gasteiger partial charge in [0.2, 0.25) is 21.8 Å². The van der Waals surface area contributed by atoms with Crippen molar-refractivity contribution < 1.29 is 37.1 Å². The zero-order valence-corrected chi connectivity index (χ0v) is 31.7. The number of aryl methyl sites for hydroxylation is 1. The molecule has 2 saturated carbocycles. The molecule has 1 aromatic heterocycles. The number of rotatable bonds is 3. The second-order valence-electron chi connectivity index (χ2n) is 17.1. The van der Waals surface area contributed by atoms with E-state index in [0.29, 0.717) is 57.5 Å². The largest absolute Gasteiger partial charge is 0.459 e. The summed E-state index contributed by atoms with van der Waals surface area (Å²) in [7, 11) is -3.99. The zero-order valence-electron chi connectivity index (χ0n) is 30.9. The van der Waals surface area contributed by atoms with Gasteiger partial charge in [-0.3, -0.25) is 23.7 Å². The molecule has 2 aliphatic heterocycles. The van der Waals surface area contributed by atoms with Crippen molar-refractivity contribution in [2.75, 3.05) is 6.54 Å². The fraction of sp³-hybridized carbons (Fsp3) is 0.703. The van der Waals surface area contributed by atoms with Gasteiger partial charge >= 0.3 is 6.09 Å². The number of amides is 3. The van der Waals surface area contributed by atoms with Crippen LogP contribution >= 0.6 is 0 Å². The Morgan fingerprint density at radius 2 is 1.80 bits per heavy atom. The smallest absolute Gasteiger partial charge is 0.408 e. The fourth-order valence-electron chi connectivity index (χ4n) is 7.94. The molecule has 1 aromatic carbocycles. The van der Waals surface area contributed by atoms with Crippen LogP contribution in [0, 0.1) is 16.7 Å². The molecule has 2 bridgehead atoms. The fourth-order valence-corrected chi connectivity index (χ4v) is 9.66. The lowest BCUT2D eigenvalue weighted by molar-refractivity contribution is -0.142. The second kappa shape index (κ2) is 13.1. The number of ether oxygens (including phenoxy) is 2. The third-order valence-electron chi connectivity index (χ3n) is 11.1. The number of carbonyl (C=O) groups excluding carboxylic acids is 4. The summed E-state index contributed by atoms with van der Waals surface area (Å²) >= 11 is 0. The highest BCUT2D eigenvalue weighted by molar-refractivity contribution is 7.91. The van der Waals surface area contributed by atoms with Crippen LogP contribution in [0.1, 0.15) is 106 Å². The number of hydrogen-bond acceptors (Lipinski definition) is 9. The Kier molecular flexibility index (Phi) is 9.50. The quantitative estimate of drug-likeness (QED) is 0.449. The molecule has 2 aliphatic carbocycles. The van der Waals surface area contributed by atoms with Gasteiger partial charge in [0.05, 0.1) is 33.8 Å². The van der Waals surface area contributed by atoms with Crippen molar-refractivity contribution in [2.45, 2.75) is 141 Å². The van der Waals surface area contributed by atoms with E-state index in [0.717, 1.165) is 11.0 Å². The Hall–Kier alpha value is -3.68. The first-order chi connectivity index (χ1) is 23.8. The number of likely N-dealkylation sites (tertiary alicyclic amines) is 1. The highest BCUT2D eigenvalue weighted by Gasteiger charge is 2.63. The van der Waals surface area contributed by atoms with Gasteiger partial charge in [-0.25, -0.2) is 13.2 Å². The number of fused-ring (bicyclic) bond motifs is 5. The van der Waals surface area contributed by atoms with Crippen LogP contribution < -0.4 is 14.8 Å². The summed E-state index contributed by atoms with van der Waals surface area (Å²) in [5.74, 6) is -1.61. The van der Waals surface area contributed by atoms with Gasteiger partial charge in [0, 0.05) is 19.4 Å². The molecule has 51 heavy (non-hydrogen) atoms. The van der Waals surface area contributed by atoms with E-state index in [2.05, 4.69) is 10.0 Å². The van der Waals surface area contributed by atoms with E-state index in [1.165, 1.54) is 4.90 Å². The van der Waals surface area contributed by atoms with Crippen molar-refractivity contribution in [3.63, 3.8) is 0 Å². The number of hydrogen-bond donors (Lipinski definition) is 2. The molecule has 14 heteroatoms. The highest BCUT2D eigenvalue weighted by Crippen LogP contribution is 2.58. The van der Waals surface area contributed by atoms with Gasteiger partial charge in [0.15, 0.2) is 5.78 Å². The van der Waals surface area contributed by atoms with E-state index < -0.39 is 67.3 Å². The average Bonchev–Trinajstić information content (AvgIpc) is 3.89. The van der Waals surface area contributed by atoms with Crippen LogP contribution in [0.5, 0.6) is 6.01 Å². The molecule has 13 nitrogen and oxygen atoms in total. The van der Waals surface area contributed by atoms with E-state index in [-0.39, 0.29) is 31.1 Å². The molecule has 2 spiro atoms. The Morgan fingerprint density at radius 3 is 2.43 bits per heavy atom. The second-order valence-corrected chi connectivity index (χ2v) is 19.2. The van der Waals surface area contributed by atoms with Gasteiger partial charge in [0.1, 0.15) is 17.7 Å². The number of para-hydroxylation sites is 2. The molecule has 5 atom stereocenters. The molecule has 280 valence electrons. The molecule has 1 saturated heterocycles. The Morgan fingerprint density at radius 1 is 1.10 bits per heavy atom. The summed E-state index contributed by atoms with van der Waals surface area (Å²) in [5, 5.41) is 2.75. The van der Waals surface area contributed by atoms with Crippen LogP contribution in [0.2, 0.25) is 0 Å². The van der Waals surface area contributed by atoms with Crippen molar-refractivity contribution in [3.8, 4) is 6.01 Å². The van der Waals surface area contributed by atoms with Crippen molar-refractivity contribution in [3.05, 3.63) is 24.3 Å². The lowest BCUT2D eigenvalue weighted by Crippen LogP contribution is -2.57. The summed E-state index contributed by atoms with van der Waals surface area (Å²) in [6, 6.07) is 5.99. The SMILES string of the molecule is CC[C@@H]1C[C@@]12CC(=O)[C@@H]1C[C@H](CN1C(=O)[C@@H](NC(=O)OC(C)(C)C)C(C)(C)C)Oc1nc3ccccc3n1CCCCC1(CC1)S(=O)(=O)NC2=O. The van der Waals surface area contributed by atoms with Gasteiger partial charge in [-0.2, -0.15) is 4.98 Å². The molecule has 0 unspecified atom stereocenters. The van der Waals surface area contributed by atoms with Crippen molar-refractivity contribution in [1.29, 1.82) is 0 Å². The third-order valence-corrected chi connectivity index (χ3v) is 13.3. The zero-order chi connectivity index (χ0) is 37.1. The molecule has 6 rings (SSSR count). The number of sulfonamides is 1. The number of ketones is 1. The van der Waals surface area contributed by atoms with E-state index in [4.69, 9.17) is 14.5 Å². The van der Waals surface area contributed by atoms with E-state index in [1.807, 2.05) is 56.5 Å². The Balaban J connectivity index is 1.37. The molecular formula is C37H53N5O8S. The minimum Gasteiger partial charge on any atom is -0.459 e. The number of benzene rings is 1. The summed E-state index contributed by atoms with van der Waals surface area (Å²) in [6.45, 7) is 13.2. The number of Topliss-reactive ketones (excluding diaryl/α,β-unsaturated/α-hetero) is 1. The number of aromatic nitrogens is 2. The first-order valence-corrected chi connectivity index (χ1v) is 19.8.